The lowest BCUT2D eigenvalue weighted by Crippen LogP contribution is -2.48. The number of piperazine rings is 1. The Morgan fingerprint density at radius 3 is 2.48 bits per heavy atom. The van der Waals surface area contributed by atoms with Gasteiger partial charge in [-0.05, 0) is 36.2 Å². The highest BCUT2D eigenvalue weighted by Crippen LogP contribution is 2.29. The van der Waals surface area contributed by atoms with Crippen molar-refractivity contribution in [1.29, 1.82) is 0 Å². The lowest BCUT2D eigenvalue weighted by Gasteiger charge is -2.29. The van der Waals surface area contributed by atoms with Crippen LogP contribution in [0.15, 0.2) is 42.5 Å². The summed E-state index contributed by atoms with van der Waals surface area (Å²) in [6.45, 7) is 5.12. The molecule has 1 unspecified atom stereocenters. The van der Waals surface area contributed by atoms with Crippen LogP contribution in [-0.4, -0.2) is 43.4 Å². The van der Waals surface area contributed by atoms with Crippen LogP contribution in [-0.2, 0) is 9.59 Å². The number of hydrogen-bond donors (Lipinski definition) is 3. The lowest BCUT2D eigenvalue weighted by molar-refractivity contribution is -0.120. The Bertz CT molecular complexity index is 996. The van der Waals surface area contributed by atoms with Gasteiger partial charge in [0, 0.05) is 18.8 Å². The second-order valence-corrected chi connectivity index (χ2v) is 8.42. The van der Waals surface area contributed by atoms with Crippen LogP contribution in [0.4, 0.5) is 11.4 Å². The highest BCUT2D eigenvalue weighted by Gasteiger charge is 2.26. The second kappa shape index (κ2) is 10.0. The van der Waals surface area contributed by atoms with Gasteiger partial charge in [0.2, 0.25) is 11.8 Å². The highest BCUT2D eigenvalue weighted by molar-refractivity contribution is 6.34. The van der Waals surface area contributed by atoms with Crippen molar-refractivity contribution in [1.82, 2.24) is 10.6 Å². The molecule has 0 bridgehead atoms. The average Bonchev–Trinajstić information content (AvgIpc) is 2.72. The molecule has 2 aromatic rings. The molecule has 1 aliphatic rings. The number of rotatable bonds is 6. The number of carbonyl (C=O) groups excluding carboxylic acids is 3. The minimum absolute atomic E-state index is 0.0614. The lowest BCUT2D eigenvalue weighted by atomic mass is 10.0. The zero-order valence-electron chi connectivity index (χ0n) is 17.2. The van der Waals surface area contributed by atoms with E-state index in [-0.39, 0.29) is 24.3 Å². The van der Waals surface area contributed by atoms with E-state index in [9.17, 15) is 14.4 Å². The monoisotopic (exact) mass is 462 g/mol. The topological polar surface area (TPSA) is 90.5 Å². The number of benzene rings is 2. The second-order valence-electron chi connectivity index (χ2n) is 7.60. The molecular formula is C22H24Cl2N4O3. The van der Waals surface area contributed by atoms with Crippen LogP contribution in [0.3, 0.4) is 0 Å². The van der Waals surface area contributed by atoms with Gasteiger partial charge in [0.25, 0.3) is 5.91 Å². The molecule has 0 saturated carbocycles. The summed E-state index contributed by atoms with van der Waals surface area (Å²) in [4.78, 5) is 39.0. The molecule has 1 heterocycles. The Kier molecular flexibility index (Phi) is 7.41. The maximum Gasteiger partial charge on any atom is 0.253 e. The number of anilines is 2. The zero-order chi connectivity index (χ0) is 22.5. The summed E-state index contributed by atoms with van der Waals surface area (Å²) in [5.74, 6) is -1.01. The van der Waals surface area contributed by atoms with Gasteiger partial charge in [0.05, 0.1) is 27.8 Å². The highest BCUT2D eigenvalue weighted by atomic mass is 35.5. The summed E-state index contributed by atoms with van der Waals surface area (Å²) < 4.78 is 0. The molecule has 2 aromatic carbocycles. The third-order valence-corrected chi connectivity index (χ3v) is 5.58. The summed E-state index contributed by atoms with van der Waals surface area (Å²) in [6, 6.07) is 11.0. The van der Waals surface area contributed by atoms with Crippen LogP contribution in [0, 0.1) is 5.92 Å². The number of carbonyl (C=O) groups is 3. The van der Waals surface area contributed by atoms with Gasteiger partial charge in [-0.25, -0.2) is 0 Å². The first-order valence-electron chi connectivity index (χ1n) is 9.93. The van der Waals surface area contributed by atoms with Gasteiger partial charge in [0.15, 0.2) is 0 Å². The predicted molar refractivity (Wildman–Crippen MR) is 123 cm³/mol. The van der Waals surface area contributed by atoms with Gasteiger partial charge >= 0.3 is 0 Å². The van der Waals surface area contributed by atoms with Gasteiger partial charge in [-0.2, -0.15) is 0 Å². The Hall–Kier alpha value is -2.77. The fraction of sp³-hybridized carbons (Fsp3) is 0.318. The Labute approximate surface area is 191 Å². The molecule has 0 spiro atoms. The first-order valence-corrected chi connectivity index (χ1v) is 10.7. The van der Waals surface area contributed by atoms with Crippen LogP contribution in [0.1, 0.15) is 24.2 Å². The molecule has 0 aromatic heterocycles. The first-order chi connectivity index (χ1) is 14.8. The smallest absolute Gasteiger partial charge is 0.253 e. The van der Waals surface area contributed by atoms with E-state index < -0.39 is 11.9 Å². The van der Waals surface area contributed by atoms with Crippen molar-refractivity contribution < 1.29 is 14.4 Å². The number of halogens is 2. The van der Waals surface area contributed by atoms with E-state index >= 15 is 0 Å². The summed E-state index contributed by atoms with van der Waals surface area (Å²) >= 11 is 12.5. The fourth-order valence-corrected chi connectivity index (χ4v) is 3.83. The molecule has 1 aliphatic heterocycles. The SMILES string of the molecule is CC(C)C(NC(=O)c1ccccc1Cl)C(=O)Nc1ccc(N2CCNC(=O)C2)c(Cl)c1. The standard InChI is InChI=1S/C22H24Cl2N4O3/c1-13(2)20(27-21(30)15-5-3-4-6-16(15)23)22(31)26-14-7-8-18(17(24)11-14)28-10-9-25-19(29)12-28/h3-8,11,13,20H,9-10,12H2,1-2H3,(H,25,29)(H,26,31)(H,27,30). The normalized spacial score (nSPS) is 14.7. The quantitative estimate of drug-likeness (QED) is 0.613. The third-order valence-electron chi connectivity index (χ3n) is 4.95. The van der Waals surface area contributed by atoms with E-state index in [0.29, 0.717) is 34.4 Å². The van der Waals surface area contributed by atoms with Gasteiger partial charge in [0.1, 0.15) is 6.04 Å². The van der Waals surface area contributed by atoms with E-state index in [1.807, 2.05) is 18.7 Å². The number of nitrogens with one attached hydrogen (secondary N) is 3. The fourth-order valence-electron chi connectivity index (χ4n) is 3.30. The maximum atomic E-state index is 12.9. The first kappa shape index (κ1) is 22.9. The summed E-state index contributed by atoms with van der Waals surface area (Å²) in [6.07, 6.45) is 0. The minimum atomic E-state index is -0.770. The van der Waals surface area contributed by atoms with Crippen molar-refractivity contribution in [2.75, 3.05) is 29.9 Å². The van der Waals surface area contributed by atoms with Crippen LogP contribution < -0.4 is 20.9 Å². The van der Waals surface area contributed by atoms with Crippen molar-refractivity contribution >= 4 is 52.3 Å². The molecule has 31 heavy (non-hydrogen) atoms. The molecule has 164 valence electrons. The Balaban J connectivity index is 1.70. The molecule has 9 heteroatoms. The summed E-state index contributed by atoms with van der Waals surface area (Å²) in [5.41, 5.74) is 1.53. The summed E-state index contributed by atoms with van der Waals surface area (Å²) in [7, 11) is 0. The zero-order valence-corrected chi connectivity index (χ0v) is 18.8. The average molecular weight is 463 g/mol. The van der Waals surface area contributed by atoms with Gasteiger partial charge in [-0.15, -0.1) is 0 Å². The van der Waals surface area contributed by atoms with Crippen LogP contribution in [0.5, 0.6) is 0 Å². The van der Waals surface area contributed by atoms with E-state index in [2.05, 4.69) is 16.0 Å². The Morgan fingerprint density at radius 2 is 1.84 bits per heavy atom. The molecule has 1 saturated heterocycles. The predicted octanol–water partition coefficient (Wildman–Crippen LogP) is 3.32. The van der Waals surface area contributed by atoms with Crippen molar-refractivity contribution in [2.24, 2.45) is 5.92 Å². The van der Waals surface area contributed by atoms with E-state index in [0.717, 1.165) is 5.69 Å². The Morgan fingerprint density at radius 1 is 1.10 bits per heavy atom. The molecule has 3 rings (SSSR count). The largest absolute Gasteiger partial charge is 0.359 e. The summed E-state index contributed by atoms with van der Waals surface area (Å²) in [5, 5.41) is 9.07. The number of hydrogen-bond acceptors (Lipinski definition) is 4. The van der Waals surface area contributed by atoms with Crippen molar-refractivity contribution in [3.63, 3.8) is 0 Å². The van der Waals surface area contributed by atoms with Crippen LogP contribution >= 0.6 is 23.2 Å². The van der Waals surface area contributed by atoms with Crippen LogP contribution in [0.25, 0.3) is 0 Å². The third kappa shape index (κ3) is 5.68. The van der Waals surface area contributed by atoms with Crippen molar-refractivity contribution in [3.05, 3.63) is 58.1 Å². The number of amides is 3. The van der Waals surface area contributed by atoms with E-state index in [1.54, 1.807) is 42.5 Å². The molecule has 0 aliphatic carbocycles. The molecule has 0 radical (unpaired) electrons. The molecule has 1 fully saturated rings. The van der Waals surface area contributed by atoms with Gasteiger partial charge in [-0.1, -0.05) is 49.2 Å². The molecule has 3 amide bonds. The van der Waals surface area contributed by atoms with Gasteiger partial charge < -0.3 is 20.9 Å². The van der Waals surface area contributed by atoms with Gasteiger partial charge in [-0.3, -0.25) is 14.4 Å². The van der Waals surface area contributed by atoms with Crippen molar-refractivity contribution in [2.45, 2.75) is 19.9 Å². The van der Waals surface area contributed by atoms with E-state index in [1.165, 1.54) is 0 Å². The minimum Gasteiger partial charge on any atom is -0.359 e. The molecule has 3 N–H and O–H groups in total. The van der Waals surface area contributed by atoms with E-state index in [4.69, 9.17) is 23.2 Å². The maximum absolute atomic E-state index is 12.9. The molecular weight excluding hydrogens is 439 g/mol. The van der Waals surface area contributed by atoms with Crippen LogP contribution in [0.2, 0.25) is 10.0 Å². The van der Waals surface area contributed by atoms with Crippen molar-refractivity contribution in [3.8, 4) is 0 Å². The molecule has 1 atom stereocenters. The number of nitrogens with zero attached hydrogens (tertiary/aromatic N) is 1. The molecule has 7 nitrogen and oxygen atoms in total.